The second-order valence-electron chi connectivity index (χ2n) is 6.57. The summed E-state index contributed by atoms with van der Waals surface area (Å²) in [7, 11) is 0. The number of halogens is 4. The van der Waals surface area contributed by atoms with E-state index in [0.29, 0.717) is 18.5 Å². The van der Waals surface area contributed by atoms with Gasteiger partial charge in [0.1, 0.15) is 0 Å². The Balaban J connectivity index is 2.66. The molecule has 1 aromatic rings. The fourth-order valence-corrected chi connectivity index (χ4v) is 4.37. The summed E-state index contributed by atoms with van der Waals surface area (Å²) < 4.78 is 41.7. The Morgan fingerprint density at radius 3 is 2.55 bits per heavy atom. The third-order valence-corrected chi connectivity index (χ3v) is 4.97. The highest BCUT2D eigenvalue weighted by molar-refractivity contribution is 9.10. The Morgan fingerprint density at radius 2 is 2.00 bits per heavy atom. The van der Waals surface area contributed by atoms with Gasteiger partial charge >= 0.3 is 6.18 Å². The standard InChI is InChI=1S/C16H21BrF3NO/c1-4-8-21-13-10-6-5-7-11(17)12(10)14(2,3)9-15(13,22)16(18,19)20/h5-7,13,21-22H,4,8-9H2,1-3H3. The van der Waals surface area contributed by atoms with E-state index in [4.69, 9.17) is 0 Å². The van der Waals surface area contributed by atoms with Crippen molar-refractivity contribution in [1.29, 1.82) is 0 Å². The smallest absolute Gasteiger partial charge is 0.379 e. The fraction of sp³-hybridized carbons (Fsp3) is 0.625. The number of fused-ring (bicyclic) bond motifs is 1. The van der Waals surface area contributed by atoms with E-state index < -0.39 is 23.2 Å². The summed E-state index contributed by atoms with van der Waals surface area (Å²) in [5, 5.41) is 13.5. The number of hydrogen-bond acceptors (Lipinski definition) is 2. The summed E-state index contributed by atoms with van der Waals surface area (Å²) in [6.45, 7) is 5.77. The third-order valence-electron chi connectivity index (χ3n) is 4.31. The lowest BCUT2D eigenvalue weighted by Gasteiger charge is -2.49. The van der Waals surface area contributed by atoms with Crippen molar-refractivity contribution in [3.63, 3.8) is 0 Å². The second kappa shape index (κ2) is 5.80. The molecule has 2 N–H and O–H groups in total. The number of benzene rings is 1. The number of alkyl halides is 3. The molecule has 0 aromatic heterocycles. The van der Waals surface area contributed by atoms with Crippen LogP contribution >= 0.6 is 15.9 Å². The van der Waals surface area contributed by atoms with E-state index >= 15 is 0 Å². The van der Waals surface area contributed by atoms with Crippen molar-refractivity contribution in [2.45, 2.75) is 56.8 Å². The molecule has 1 aliphatic rings. The van der Waals surface area contributed by atoms with Gasteiger partial charge in [-0.3, -0.25) is 0 Å². The lowest BCUT2D eigenvalue weighted by atomic mass is 9.63. The lowest BCUT2D eigenvalue weighted by Crippen LogP contribution is -2.60. The highest BCUT2D eigenvalue weighted by atomic mass is 79.9. The lowest BCUT2D eigenvalue weighted by molar-refractivity contribution is -0.281. The molecule has 0 spiro atoms. The molecular weight excluding hydrogens is 359 g/mol. The van der Waals surface area contributed by atoms with Crippen LogP contribution in [0, 0.1) is 0 Å². The number of aliphatic hydroxyl groups is 1. The minimum absolute atomic E-state index is 0.375. The van der Waals surface area contributed by atoms with Gasteiger partial charge in [-0.1, -0.05) is 48.8 Å². The molecule has 2 nitrogen and oxygen atoms in total. The molecule has 0 saturated heterocycles. The normalized spacial score (nSPS) is 27.5. The largest absolute Gasteiger partial charge is 0.419 e. The van der Waals surface area contributed by atoms with Gasteiger partial charge in [-0.15, -0.1) is 0 Å². The molecular formula is C16H21BrF3NO. The highest BCUT2D eigenvalue weighted by Gasteiger charge is 2.63. The number of hydrogen-bond donors (Lipinski definition) is 2. The van der Waals surface area contributed by atoms with Gasteiger partial charge in [0.05, 0.1) is 6.04 Å². The molecule has 0 fully saturated rings. The minimum Gasteiger partial charge on any atom is -0.379 e. The van der Waals surface area contributed by atoms with E-state index in [9.17, 15) is 18.3 Å². The monoisotopic (exact) mass is 379 g/mol. The van der Waals surface area contributed by atoms with Crippen LogP contribution in [0.4, 0.5) is 13.2 Å². The average Bonchev–Trinajstić information content (AvgIpc) is 2.36. The maximum absolute atomic E-state index is 13.6. The molecule has 6 heteroatoms. The van der Waals surface area contributed by atoms with E-state index in [1.807, 2.05) is 13.0 Å². The molecule has 0 aliphatic heterocycles. The van der Waals surface area contributed by atoms with Gasteiger partial charge < -0.3 is 10.4 Å². The number of rotatable bonds is 3. The quantitative estimate of drug-likeness (QED) is 0.812. The predicted molar refractivity (Wildman–Crippen MR) is 83.8 cm³/mol. The van der Waals surface area contributed by atoms with Gasteiger partial charge in [-0.2, -0.15) is 13.2 Å². The van der Waals surface area contributed by atoms with Crippen molar-refractivity contribution in [2.75, 3.05) is 6.54 Å². The Labute approximate surface area is 137 Å². The Kier molecular flexibility index (Phi) is 4.68. The molecule has 124 valence electrons. The van der Waals surface area contributed by atoms with Crippen LogP contribution in [-0.2, 0) is 5.41 Å². The Bertz CT molecular complexity index is 559. The van der Waals surface area contributed by atoms with Crippen LogP contribution in [0.1, 0.15) is 50.8 Å². The molecule has 0 bridgehead atoms. The highest BCUT2D eigenvalue weighted by Crippen LogP contribution is 2.54. The molecule has 0 saturated carbocycles. The van der Waals surface area contributed by atoms with Crippen LogP contribution in [0.5, 0.6) is 0 Å². The molecule has 1 aromatic carbocycles. The minimum atomic E-state index is -4.70. The summed E-state index contributed by atoms with van der Waals surface area (Å²) in [5.74, 6) is 0. The maximum Gasteiger partial charge on any atom is 0.419 e. The maximum atomic E-state index is 13.6. The summed E-state index contributed by atoms with van der Waals surface area (Å²) in [4.78, 5) is 0. The van der Waals surface area contributed by atoms with Crippen LogP contribution in [-0.4, -0.2) is 23.4 Å². The molecule has 2 rings (SSSR count). The van der Waals surface area contributed by atoms with Gasteiger partial charge in [0.15, 0.2) is 5.60 Å². The third kappa shape index (κ3) is 2.81. The SMILES string of the molecule is CCCNC1c2cccc(Br)c2C(C)(C)CC1(O)C(F)(F)F. The molecule has 2 atom stereocenters. The van der Waals surface area contributed by atoms with Gasteiger partial charge in [-0.05, 0) is 42.0 Å². The van der Waals surface area contributed by atoms with Crippen LogP contribution in [0.15, 0.2) is 22.7 Å². The average molecular weight is 380 g/mol. The summed E-state index contributed by atoms with van der Waals surface area (Å²) >= 11 is 3.45. The van der Waals surface area contributed by atoms with E-state index in [1.165, 1.54) is 0 Å². The first kappa shape index (κ1) is 17.8. The van der Waals surface area contributed by atoms with Crippen molar-refractivity contribution >= 4 is 15.9 Å². The van der Waals surface area contributed by atoms with Gasteiger partial charge in [0.25, 0.3) is 0 Å². The molecule has 2 unspecified atom stereocenters. The van der Waals surface area contributed by atoms with Crippen LogP contribution in [0.3, 0.4) is 0 Å². The van der Waals surface area contributed by atoms with Gasteiger partial charge in [0.2, 0.25) is 0 Å². The van der Waals surface area contributed by atoms with E-state index in [1.54, 1.807) is 26.0 Å². The van der Waals surface area contributed by atoms with E-state index in [-0.39, 0.29) is 6.42 Å². The zero-order valence-electron chi connectivity index (χ0n) is 12.9. The van der Waals surface area contributed by atoms with Gasteiger partial charge in [0, 0.05) is 4.47 Å². The molecule has 0 amide bonds. The predicted octanol–water partition coefficient (Wildman–Crippen LogP) is 4.46. The first-order valence-electron chi connectivity index (χ1n) is 7.36. The first-order chi connectivity index (χ1) is 10.0. The van der Waals surface area contributed by atoms with Crippen molar-refractivity contribution in [3.8, 4) is 0 Å². The molecule has 1 aliphatic carbocycles. The summed E-state index contributed by atoms with van der Waals surface area (Å²) in [5.41, 5.74) is -2.22. The van der Waals surface area contributed by atoms with Crippen molar-refractivity contribution in [1.82, 2.24) is 5.32 Å². The van der Waals surface area contributed by atoms with Gasteiger partial charge in [-0.25, -0.2) is 0 Å². The van der Waals surface area contributed by atoms with Crippen molar-refractivity contribution in [2.24, 2.45) is 0 Å². The zero-order chi connectivity index (χ0) is 16.8. The van der Waals surface area contributed by atoms with Crippen molar-refractivity contribution in [3.05, 3.63) is 33.8 Å². The topological polar surface area (TPSA) is 32.3 Å². The summed E-state index contributed by atoms with van der Waals surface area (Å²) in [6.07, 6.45) is -4.38. The van der Waals surface area contributed by atoms with Crippen molar-refractivity contribution < 1.29 is 18.3 Å². The van der Waals surface area contributed by atoms with E-state index in [2.05, 4.69) is 21.2 Å². The fourth-order valence-electron chi connectivity index (χ4n) is 3.45. The zero-order valence-corrected chi connectivity index (χ0v) is 14.5. The summed E-state index contributed by atoms with van der Waals surface area (Å²) in [6, 6.07) is 4.05. The van der Waals surface area contributed by atoms with Crippen LogP contribution in [0.25, 0.3) is 0 Å². The molecule has 0 radical (unpaired) electrons. The van der Waals surface area contributed by atoms with E-state index in [0.717, 1.165) is 10.0 Å². The number of nitrogens with one attached hydrogen (secondary N) is 1. The second-order valence-corrected chi connectivity index (χ2v) is 7.43. The van der Waals surface area contributed by atoms with Crippen LogP contribution < -0.4 is 5.32 Å². The first-order valence-corrected chi connectivity index (χ1v) is 8.15. The Morgan fingerprint density at radius 1 is 1.36 bits per heavy atom. The van der Waals surface area contributed by atoms with Crippen LogP contribution in [0.2, 0.25) is 0 Å². The molecule has 0 heterocycles. The Hall–Kier alpha value is -0.590. The molecule has 22 heavy (non-hydrogen) atoms.